The van der Waals surface area contributed by atoms with E-state index in [9.17, 15) is 4.79 Å². The van der Waals surface area contributed by atoms with Crippen molar-refractivity contribution in [3.05, 3.63) is 0 Å². The van der Waals surface area contributed by atoms with Crippen molar-refractivity contribution in [1.82, 2.24) is 4.90 Å². The molecule has 0 aromatic carbocycles. The van der Waals surface area contributed by atoms with E-state index >= 15 is 0 Å². The SMILES string of the molecule is CC(C)COC(=O)N1CCOCC1. The van der Waals surface area contributed by atoms with Crippen molar-refractivity contribution >= 4 is 6.09 Å². The Hall–Kier alpha value is -0.770. The fourth-order valence-corrected chi connectivity index (χ4v) is 1.08. The fourth-order valence-electron chi connectivity index (χ4n) is 1.08. The molecule has 1 aliphatic rings. The molecule has 1 aliphatic heterocycles. The second kappa shape index (κ2) is 5.07. The Morgan fingerprint density at radius 1 is 1.46 bits per heavy atom. The normalized spacial score (nSPS) is 17.6. The van der Waals surface area contributed by atoms with Crippen molar-refractivity contribution in [1.29, 1.82) is 0 Å². The van der Waals surface area contributed by atoms with Crippen LogP contribution in [-0.2, 0) is 9.47 Å². The number of carbonyl (C=O) groups is 1. The zero-order valence-electron chi connectivity index (χ0n) is 8.28. The molecule has 1 saturated heterocycles. The number of nitrogens with zero attached hydrogens (tertiary/aromatic N) is 1. The van der Waals surface area contributed by atoms with Crippen LogP contribution < -0.4 is 0 Å². The van der Waals surface area contributed by atoms with Crippen LogP contribution in [0.3, 0.4) is 0 Å². The van der Waals surface area contributed by atoms with Crippen LogP contribution in [0.15, 0.2) is 0 Å². The highest BCUT2D eigenvalue weighted by Crippen LogP contribution is 2.01. The van der Waals surface area contributed by atoms with Gasteiger partial charge in [0, 0.05) is 13.1 Å². The van der Waals surface area contributed by atoms with Gasteiger partial charge in [0.05, 0.1) is 19.8 Å². The van der Waals surface area contributed by atoms with Gasteiger partial charge in [-0.05, 0) is 5.92 Å². The second-order valence-electron chi connectivity index (χ2n) is 3.57. The minimum Gasteiger partial charge on any atom is -0.449 e. The fraction of sp³-hybridized carbons (Fsp3) is 0.889. The molecule has 0 N–H and O–H groups in total. The number of carbonyl (C=O) groups excluding carboxylic acids is 1. The lowest BCUT2D eigenvalue weighted by atomic mass is 10.2. The number of hydrogen-bond acceptors (Lipinski definition) is 3. The van der Waals surface area contributed by atoms with Crippen molar-refractivity contribution in [3.63, 3.8) is 0 Å². The molecule has 1 heterocycles. The Kier molecular flexibility index (Phi) is 4.02. The Morgan fingerprint density at radius 3 is 2.62 bits per heavy atom. The van der Waals surface area contributed by atoms with Crippen molar-refractivity contribution in [2.24, 2.45) is 5.92 Å². The Morgan fingerprint density at radius 2 is 2.08 bits per heavy atom. The molecule has 4 nitrogen and oxygen atoms in total. The van der Waals surface area contributed by atoms with Crippen LogP contribution in [0.2, 0.25) is 0 Å². The Balaban J connectivity index is 2.21. The summed E-state index contributed by atoms with van der Waals surface area (Å²) in [6.07, 6.45) is -0.211. The van der Waals surface area contributed by atoms with E-state index in [1.807, 2.05) is 13.8 Å². The molecular formula is C9H17NO3. The van der Waals surface area contributed by atoms with Crippen LogP contribution >= 0.6 is 0 Å². The molecule has 1 amide bonds. The number of ether oxygens (including phenoxy) is 2. The maximum Gasteiger partial charge on any atom is 0.409 e. The minimum atomic E-state index is -0.211. The zero-order valence-corrected chi connectivity index (χ0v) is 8.28. The lowest BCUT2D eigenvalue weighted by molar-refractivity contribution is 0.0242. The van der Waals surface area contributed by atoms with Crippen molar-refractivity contribution in [2.75, 3.05) is 32.9 Å². The Labute approximate surface area is 78.8 Å². The first-order chi connectivity index (χ1) is 6.20. The quantitative estimate of drug-likeness (QED) is 0.650. The van der Waals surface area contributed by atoms with Gasteiger partial charge in [0.2, 0.25) is 0 Å². The van der Waals surface area contributed by atoms with Crippen LogP contribution in [0, 0.1) is 5.92 Å². The predicted molar refractivity (Wildman–Crippen MR) is 48.6 cm³/mol. The molecule has 0 bridgehead atoms. The minimum absolute atomic E-state index is 0.211. The number of amides is 1. The maximum absolute atomic E-state index is 11.4. The van der Waals surface area contributed by atoms with Gasteiger partial charge in [0.1, 0.15) is 0 Å². The summed E-state index contributed by atoms with van der Waals surface area (Å²) in [5.74, 6) is 0.394. The van der Waals surface area contributed by atoms with E-state index < -0.39 is 0 Å². The summed E-state index contributed by atoms with van der Waals surface area (Å²) in [6.45, 7) is 7.08. The molecule has 0 atom stereocenters. The van der Waals surface area contributed by atoms with Crippen molar-refractivity contribution in [3.8, 4) is 0 Å². The molecule has 13 heavy (non-hydrogen) atoms. The van der Waals surface area contributed by atoms with Crippen LogP contribution in [0.25, 0.3) is 0 Å². The summed E-state index contributed by atoms with van der Waals surface area (Å²) < 4.78 is 10.2. The van der Waals surface area contributed by atoms with Gasteiger partial charge in [-0.1, -0.05) is 13.8 Å². The second-order valence-corrected chi connectivity index (χ2v) is 3.57. The average Bonchev–Trinajstić information content (AvgIpc) is 2.15. The molecule has 1 rings (SSSR count). The lowest BCUT2D eigenvalue weighted by Gasteiger charge is -2.26. The summed E-state index contributed by atoms with van der Waals surface area (Å²) in [7, 11) is 0. The first-order valence-electron chi connectivity index (χ1n) is 4.69. The summed E-state index contributed by atoms with van der Waals surface area (Å²) >= 11 is 0. The highest BCUT2D eigenvalue weighted by Gasteiger charge is 2.17. The van der Waals surface area contributed by atoms with E-state index in [0.717, 1.165) is 0 Å². The topological polar surface area (TPSA) is 38.8 Å². The molecule has 0 radical (unpaired) electrons. The van der Waals surface area contributed by atoms with E-state index in [4.69, 9.17) is 9.47 Å². The van der Waals surface area contributed by atoms with Gasteiger partial charge in [-0.2, -0.15) is 0 Å². The van der Waals surface area contributed by atoms with E-state index in [-0.39, 0.29) is 6.09 Å². The van der Waals surface area contributed by atoms with Crippen LogP contribution in [0.5, 0.6) is 0 Å². The van der Waals surface area contributed by atoms with E-state index in [2.05, 4.69) is 0 Å². The number of morpholine rings is 1. The zero-order chi connectivity index (χ0) is 9.68. The van der Waals surface area contributed by atoms with Crippen molar-refractivity contribution < 1.29 is 14.3 Å². The van der Waals surface area contributed by atoms with E-state index in [1.165, 1.54) is 0 Å². The molecule has 0 aromatic heterocycles. The molecule has 0 aromatic rings. The maximum atomic E-state index is 11.4. The number of rotatable bonds is 2. The van der Waals surface area contributed by atoms with Gasteiger partial charge in [0.25, 0.3) is 0 Å². The van der Waals surface area contributed by atoms with Gasteiger partial charge >= 0.3 is 6.09 Å². The summed E-state index contributed by atoms with van der Waals surface area (Å²) in [6, 6.07) is 0. The summed E-state index contributed by atoms with van der Waals surface area (Å²) in [4.78, 5) is 13.0. The lowest BCUT2D eigenvalue weighted by Crippen LogP contribution is -2.41. The molecule has 1 fully saturated rings. The molecular weight excluding hydrogens is 170 g/mol. The van der Waals surface area contributed by atoms with Crippen LogP contribution in [0.1, 0.15) is 13.8 Å². The van der Waals surface area contributed by atoms with Crippen LogP contribution in [0.4, 0.5) is 4.79 Å². The molecule has 0 aliphatic carbocycles. The monoisotopic (exact) mass is 187 g/mol. The van der Waals surface area contributed by atoms with E-state index in [1.54, 1.807) is 4.90 Å². The molecule has 0 spiro atoms. The third kappa shape index (κ3) is 3.63. The standard InChI is InChI=1S/C9H17NO3/c1-8(2)7-13-9(11)10-3-5-12-6-4-10/h8H,3-7H2,1-2H3. The van der Waals surface area contributed by atoms with Gasteiger partial charge in [0.15, 0.2) is 0 Å². The molecule has 4 heteroatoms. The van der Waals surface area contributed by atoms with Gasteiger partial charge in [-0.15, -0.1) is 0 Å². The third-order valence-corrected chi connectivity index (χ3v) is 1.81. The van der Waals surface area contributed by atoms with E-state index in [0.29, 0.717) is 38.8 Å². The Bertz CT molecular complexity index is 164. The third-order valence-electron chi connectivity index (χ3n) is 1.81. The summed E-state index contributed by atoms with van der Waals surface area (Å²) in [5.41, 5.74) is 0. The van der Waals surface area contributed by atoms with Gasteiger partial charge in [-0.25, -0.2) is 4.79 Å². The van der Waals surface area contributed by atoms with Crippen molar-refractivity contribution in [2.45, 2.75) is 13.8 Å². The summed E-state index contributed by atoms with van der Waals surface area (Å²) in [5, 5.41) is 0. The molecule has 0 saturated carbocycles. The first-order valence-corrected chi connectivity index (χ1v) is 4.69. The molecule has 0 unspecified atom stereocenters. The average molecular weight is 187 g/mol. The van der Waals surface area contributed by atoms with Gasteiger partial charge < -0.3 is 14.4 Å². The first kappa shape index (κ1) is 10.3. The predicted octanol–water partition coefficient (Wildman–Crippen LogP) is 1.11. The molecule has 76 valence electrons. The number of hydrogen-bond donors (Lipinski definition) is 0. The largest absolute Gasteiger partial charge is 0.449 e. The smallest absolute Gasteiger partial charge is 0.409 e. The highest BCUT2D eigenvalue weighted by atomic mass is 16.6. The highest BCUT2D eigenvalue weighted by molar-refractivity contribution is 5.67. The van der Waals surface area contributed by atoms with Crippen LogP contribution in [-0.4, -0.2) is 43.9 Å². The van der Waals surface area contributed by atoms with Gasteiger partial charge in [-0.3, -0.25) is 0 Å².